The van der Waals surface area contributed by atoms with Gasteiger partial charge in [-0.15, -0.1) is 0 Å². The average molecular weight is 385 g/mol. The van der Waals surface area contributed by atoms with Crippen LogP contribution in [-0.2, 0) is 17.9 Å². The molecule has 1 saturated heterocycles. The molecule has 1 atom stereocenters. The maximum absolute atomic E-state index is 12.8. The molecule has 2 aliphatic heterocycles. The Balaban J connectivity index is 1.66. The molecule has 1 N–H and O–H groups in total. The number of likely N-dealkylation sites (tertiary alicyclic amines) is 1. The molecule has 4 rings (SSSR count). The summed E-state index contributed by atoms with van der Waals surface area (Å²) < 4.78 is 0. The summed E-state index contributed by atoms with van der Waals surface area (Å²) in [7, 11) is 2.05. The van der Waals surface area contributed by atoms with Crippen molar-refractivity contribution in [3.8, 4) is 23.4 Å². The van der Waals surface area contributed by atoms with E-state index in [2.05, 4.69) is 22.5 Å². The number of carbonyl (C=O) groups is 1. The highest BCUT2D eigenvalue weighted by Gasteiger charge is 2.26. The van der Waals surface area contributed by atoms with E-state index in [0.717, 1.165) is 53.9 Å². The average Bonchev–Trinajstić information content (AvgIpc) is 3.16. The predicted molar refractivity (Wildman–Crippen MR) is 110 cm³/mol. The number of carbonyl (C=O) groups excluding carboxylic acids is 1. The third-order valence-corrected chi connectivity index (χ3v) is 5.78. The van der Waals surface area contributed by atoms with Crippen molar-refractivity contribution in [2.24, 2.45) is 5.92 Å². The van der Waals surface area contributed by atoms with Crippen LogP contribution in [0.3, 0.4) is 0 Å². The van der Waals surface area contributed by atoms with E-state index >= 15 is 0 Å². The molecule has 1 fully saturated rings. The topological polar surface area (TPSA) is 83.2 Å². The van der Waals surface area contributed by atoms with Gasteiger partial charge in [0.25, 0.3) is 0 Å². The van der Waals surface area contributed by atoms with Gasteiger partial charge in [-0.25, -0.2) is 0 Å². The number of hydrogen-bond acceptors (Lipinski definition) is 5. The summed E-state index contributed by atoms with van der Waals surface area (Å²) in [6.45, 7) is 2.92. The van der Waals surface area contributed by atoms with Crippen molar-refractivity contribution < 1.29 is 4.79 Å². The summed E-state index contributed by atoms with van der Waals surface area (Å²) in [5.74, 6) is 0.0494. The van der Waals surface area contributed by atoms with Gasteiger partial charge < -0.3 is 15.1 Å². The van der Waals surface area contributed by atoms with E-state index in [1.807, 2.05) is 31.3 Å². The van der Waals surface area contributed by atoms with E-state index in [-0.39, 0.29) is 11.8 Å². The fraction of sp³-hybridized carbons (Fsp3) is 0.348. The summed E-state index contributed by atoms with van der Waals surface area (Å²) in [5.41, 5.74) is 5.52. The molecule has 2 aromatic carbocycles. The van der Waals surface area contributed by atoms with Crippen molar-refractivity contribution in [2.45, 2.75) is 25.9 Å². The Kier molecular flexibility index (Phi) is 5.20. The highest BCUT2D eigenvalue weighted by atomic mass is 16.1. The van der Waals surface area contributed by atoms with Gasteiger partial charge in [0.2, 0.25) is 5.91 Å². The Morgan fingerprint density at radius 1 is 1.17 bits per heavy atom. The molecule has 0 aliphatic carbocycles. The van der Waals surface area contributed by atoms with E-state index in [9.17, 15) is 10.1 Å². The van der Waals surface area contributed by atoms with Crippen LogP contribution in [0.4, 0.5) is 5.69 Å². The van der Waals surface area contributed by atoms with Gasteiger partial charge in [-0.1, -0.05) is 12.1 Å². The Morgan fingerprint density at radius 3 is 2.66 bits per heavy atom. The van der Waals surface area contributed by atoms with Gasteiger partial charge in [0.05, 0.1) is 30.6 Å². The lowest BCUT2D eigenvalue weighted by Crippen LogP contribution is -2.38. The molecule has 1 amide bonds. The summed E-state index contributed by atoms with van der Waals surface area (Å²) in [6.07, 6.45) is 4.16. The highest BCUT2D eigenvalue weighted by Crippen LogP contribution is 2.36. The molecule has 6 nitrogen and oxygen atoms in total. The van der Waals surface area contributed by atoms with Crippen molar-refractivity contribution in [2.75, 3.05) is 25.5 Å². The smallest absolute Gasteiger partial charge is 0.228 e. The number of nitriles is 2. The maximum atomic E-state index is 12.8. The number of nitrogens with zero attached hydrogens (tertiary/aromatic N) is 4. The number of rotatable bonds is 3. The molecule has 0 saturated carbocycles. The minimum absolute atomic E-state index is 0.00373. The monoisotopic (exact) mass is 385 g/mol. The second kappa shape index (κ2) is 7.95. The van der Waals surface area contributed by atoms with Crippen LogP contribution in [0.25, 0.3) is 11.1 Å². The van der Waals surface area contributed by atoms with Crippen LogP contribution in [-0.4, -0.2) is 35.8 Å². The number of hydrogen-bond donors (Lipinski definition) is 1. The molecule has 146 valence electrons. The molecule has 0 bridgehead atoms. The molecule has 6 heteroatoms. The predicted octanol–water partition coefficient (Wildman–Crippen LogP) is 3.30. The van der Waals surface area contributed by atoms with E-state index in [0.29, 0.717) is 18.7 Å². The van der Waals surface area contributed by atoms with Crippen molar-refractivity contribution in [1.82, 2.24) is 9.80 Å². The first-order valence-corrected chi connectivity index (χ1v) is 9.88. The summed E-state index contributed by atoms with van der Waals surface area (Å²) >= 11 is 0. The molecule has 0 aromatic heterocycles. The number of anilines is 1. The number of amides is 1. The zero-order valence-electron chi connectivity index (χ0n) is 16.5. The second-order valence-corrected chi connectivity index (χ2v) is 7.90. The third-order valence-electron chi connectivity index (χ3n) is 5.78. The van der Waals surface area contributed by atoms with E-state index in [1.54, 1.807) is 17.0 Å². The van der Waals surface area contributed by atoms with Gasteiger partial charge >= 0.3 is 0 Å². The van der Waals surface area contributed by atoms with Crippen LogP contribution in [0.5, 0.6) is 0 Å². The van der Waals surface area contributed by atoms with E-state index in [1.165, 1.54) is 0 Å². The maximum Gasteiger partial charge on any atom is 0.228 e. The summed E-state index contributed by atoms with van der Waals surface area (Å²) in [6, 6.07) is 13.6. The molecule has 2 aromatic rings. The van der Waals surface area contributed by atoms with Crippen LogP contribution >= 0.6 is 0 Å². The van der Waals surface area contributed by atoms with Gasteiger partial charge in [-0.3, -0.25) is 4.79 Å². The normalized spacial score (nSPS) is 18.6. The molecule has 29 heavy (non-hydrogen) atoms. The molecule has 2 aliphatic rings. The number of fused-ring (bicyclic) bond motifs is 1. The number of nitrogens with one attached hydrogen (secondary N) is 1. The van der Waals surface area contributed by atoms with Crippen LogP contribution in [0.1, 0.15) is 29.5 Å². The summed E-state index contributed by atoms with van der Waals surface area (Å²) in [4.78, 5) is 16.7. The van der Waals surface area contributed by atoms with Crippen molar-refractivity contribution in [1.29, 1.82) is 10.5 Å². The first-order valence-electron chi connectivity index (χ1n) is 9.88. The lowest BCUT2D eigenvalue weighted by molar-refractivity contribution is -0.121. The minimum Gasteiger partial charge on any atom is -0.326 e. The Labute approximate surface area is 171 Å². The lowest BCUT2D eigenvalue weighted by Gasteiger charge is -2.28. The molecular weight excluding hydrogens is 362 g/mol. The standard InChI is InChI=1S/C23H23N5O/c1-27-8-2-3-18(12-27)23(29)26-20-9-19-13-28(15-25)14-22(19)21(10-20)17-6-4-16(11-24)5-7-17/h4-7,9-10,18H,2-3,8,12-14H2,1H3,(H,26,29). The van der Waals surface area contributed by atoms with Crippen LogP contribution in [0.2, 0.25) is 0 Å². The Morgan fingerprint density at radius 2 is 1.97 bits per heavy atom. The molecule has 2 heterocycles. The fourth-order valence-corrected chi connectivity index (χ4v) is 4.26. The van der Waals surface area contributed by atoms with Gasteiger partial charge in [0.1, 0.15) is 0 Å². The van der Waals surface area contributed by atoms with Gasteiger partial charge in [0, 0.05) is 12.2 Å². The minimum atomic E-state index is -0.00373. The second-order valence-electron chi connectivity index (χ2n) is 7.90. The highest BCUT2D eigenvalue weighted by molar-refractivity contribution is 5.94. The SMILES string of the molecule is CN1CCCC(C(=O)Nc2cc3c(c(-c4ccc(C#N)cc4)c2)CN(C#N)C3)C1. The molecule has 1 unspecified atom stereocenters. The fourth-order valence-electron chi connectivity index (χ4n) is 4.26. The molecule has 0 radical (unpaired) electrons. The van der Waals surface area contributed by atoms with Crippen molar-refractivity contribution in [3.05, 3.63) is 53.1 Å². The van der Waals surface area contributed by atoms with Gasteiger partial charge in [0.15, 0.2) is 6.19 Å². The van der Waals surface area contributed by atoms with Crippen LogP contribution in [0, 0.1) is 28.7 Å². The Bertz CT molecular complexity index is 1020. The van der Waals surface area contributed by atoms with E-state index in [4.69, 9.17) is 5.26 Å². The molecular formula is C23H23N5O. The van der Waals surface area contributed by atoms with E-state index < -0.39 is 0 Å². The largest absolute Gasteiger partial charge is 0.326 e. The number of piperidine rings is 1. The van der Waals surface area contributed by atoms with Crippen LogP contribution < -0.4 is 5.32 Å². The van der Waals surface area contributed by atoms with Gasteiger partial charge in [-0.2, -0.15) is 10.5 Å². The third kappa shape index (κ3) is 3.94. The Hall–Kier alpha value is -3.35. The number of benzene rings is 2. The molecule has 0 spiro atoms. The lowest BCUT2D eigenvalue weighted by atomic mass is 9.94. The first-order chi connectivity index (χ1) is 14.1. The first kappa shape index (κ1) is 19.0. The zero-order chi connectivity index (χ0) is 20.4. The van der Waals surface area contributed by atoms with Crippen LogP contribution in [0.15, 0.2) is 36.4 Å². The zero-order valence-corrected chi connectivity index (χ0v) is 16.5. The van der Waals surface area contributed by atoms with Gasteiger partial charge in [-0.05, 0) is 73.0 Å². The summed E-state index contributed by atoms with van der Waals surface area (Å²) in [5, 5.41) is 21.5. The van der Waals surface area contributed by atoms with Crippen molar-refractivity contribution >= 4 is 11.6 Å². The van der Waals surface area contributed by atoms with Crippen molar-refractivity contribution in [3.63, 3.8) is 0 Å². The quantitative estimate of drug-likeness (QED) is 0.820.